The van der Waals surface area contributed by atoms with E-state index in [1.54, 1.807) is 0 Å². The quantitative estimate of drug-likeness (QED) is 0.862. The third kappa shape index (κ3) is 3.26. The zero-order chi connectivity index (χ0) is 14.9. The number of fused-ring (bicyclic) bond motifs is 1. The van der Waals surface area contributed by atoms with Crippen LogP contribution < -0.4 is 14.4 Å². The first-order valence-corrected chi connectivity index (χ1v) is 9.12. The number of nitrogens with zero attached hydrogens (tertiary/aromatic N) is 3. The van der Waals surface area contributed by atoms with Crippen molar-refractivity contribution >= 4 is 15.8 Å². The summed E-state index contributed by atoms with van der Waals surface area (Å²) in [5.74, 6) is 1.57. The Hall–Kier alpha value is -1.41. The minimum atomic E-state index is -3.17. The summed E-state index contributed by atoms with van der Waals surface area (Å²) in [5.41, 5.74) is 1.05. The maximum atomic E-state index is 11.3. The first-order valence-electron chi connectivity index (χ1n) is 7.22. The maximum absolute atomic E-state index is 11.3. The summed E-state index contributed by atoms with van der Waals surface area (Å²) in [6.45, 7) is 1.94. The van der Waals surface area contributed by atoms with Gasteiger partial charge in [-0.1, -0.05) is 0 Å². The van der Waals surface area contributed by atoms with Crippen LogP contribution in [0.2, 0.25) is 0 Å². The zero-order valence-corrected chi connectivity index (χ0v) is 12.9. The first kappa shape index (κ1) is 14.5. The fourth-order valence-corrected chi connectivity index (χ4v) is 3.46. The molecule has 2 aliphatic rings. The summed E-state index contributed by atoms with van der Waals surface area (Å²) in [4.78, 5) is 10.8. The Morgan fingerprint density at radius 1 is 1.43 bits per heavy atom. The second-order valence-electron chi connectivity index (χ2n) is 5.54. The van der Waals surface area contributed by atoms with Gasteiger partial charge in [0.25, 0.3) is 0 Å². The molecule has 0 saturated carbocycles. The molecule has 1 aromatic rings. The van der Waals surface area contributed by atoms with Crippen molar-refractivity contribution in [2.45, 2.75) is 31.7 Å². The van der Waals surface area contributed by atoms with Crippen LogP contribution in [0.1, 0.15) is 24.8 Å². The summed E-state index contributed by atoms with van der Waals surface area (Å²) in [6.07, 6.45) is 6.69. The number of sulfonamides is 1. The molecule has 1 saturated heterocycles. The Balaban J connectivity index is 1.83. The van der Waals surface area contributed by atoms with E-state index in [-0.39, 0.29) is 6.04 Å². The third-order valence-electron chi connectivity index (χ3n) is 3.95. The first-order chi connectivity index (χ1) is 10.0. The smallest absolute Gasteiger partial charge is 0.221 e. The van der Waals surface area contributed by atoms with Gasteiger partial charge in [0.2, 0.25) is 15.9 Å². The van der Waals surface area contributed by atoms with E-state index in [2.05, 4.69) is 19.6 Å². The molecule has 1 fully saturated rings. The van der Waals surface area contributed by atoms with Gasteiger partial charge in [-0.05, 0) is 19.3 Å². The number of aromatic nitrogens is 2. The summed E-state index contributed by atoms with van der Waals surface area (Å²) < 4.78 is 30.8. The molecule has 8 heteroatoms. The molecule has 3 rings (SSSR count). The average molecular weight is 312 g/mol. The standard InChI is InChI=1S/C13H20N4O3S/c1-21(18,19)16-8-10-4-2-3-6-17(10)12-11-5-7-20-13(11)15-9-14-12/h9-10,16H,2-8H2,1H3. The lowest BCUT2D eigenvalue weighted by atomic mass is 10.0. The molecule has 7 nitrogen and oxygen atoms in total. The van der Waals surface area contributed by atoms with Crippen molar-refractivity contribution in [1.29, 1.82) is 0 Å². The fraction of sp³-hybridized carbons (Fsp3) is 0.692. The lowest BCUT2D eigenvalue weighted by Crippen LogP contribution is -2.47. The van der Waals surface area contributed by atoms with E-state index in [4.69, 9.17) is 4.74 Å². The summed E-state index contributed by atoms with van der Waals surface area (Å²) in [5, 5.41) is 0. The van der Waals surface area contributed by atoms with Crippen molar-refractivity contribution in [1.82, 2.24) is 14.7 Å². The van der Waals surface area contributed by atoms with Gasteiger partial charge >= 0.3 is 0 Å². The second-order valence-corrected chi connectivity index (χ2v) is 7.38. The normalized spacial score (nSPS) is 22.0. The van der Waals surface area contributed by atoms with Gasteiger partial charge in [-0.3, -0.25) is 0 Å². The van der Waals surface area contributed by atoms with Crippen LogP contribution in [-0.4, -0.2) is 50.4 Å². The highest BCUT2D eigenvalue weighted by atomic mass is 32.2. The summed E-state index contributed by atoms with van der Waals surface area (Å²) in [7, 11) is -3.17. The molecule has 1 atom stereocenters. The zero-order valence-electron chi connectivity index (χ0n) is 12.1. The van der Waals surface area contributed by atoms with Crippen LogP contribution in [0, 0.1) is 0 Å². The monoisotopic (exact) mass is 312 g/mol. The van der Waals surface area contributed by atoms with E-state index in [0.29, 0.717) is 19.0 Å². The Morgan fingerprint density at radius 3 is 3.10 bits per heavy atom. The second kappa shape index (κ2) is 5.76. The van der Waals surface area contributed by atoms with Crippen LogP contribution in [0.25, 0.3) is 0 Å². The Morgan fingerprint density at radius 2 is 2.29 bits per heavy atom. The molecule has 116 valence electrons. The molecule has 3 heterocycles. The maximum Gasteiger partial charge on any atom is 0.221 e. The third-order valence-corrected chi connectivity index (χ3v) is 4.65. The van der Waals surface area contributed by atoms with Crippen LogP contribution >= 0.6 is 0 Å². The van der Waals surface area contributed by atoms with Crippen LogP contribution in [0.4, 0.5) is 5.82 Å². The van der Waals surface area contributed by atoms with Gasteiger partial charge < -0.3 is 9.64 Å². The van der Waals surface area contributed by atoms with Gasteiger partial charge in [0.1, 0.15) is 12.1 Å². The molecule has 0 radical (unpaired) electrons. The number of hydrogen-bond donors (Lipinski definition) is 1. The van der Waals surface area contributed by atoms with Crippen LogP contribution in [0.5, 0.6) is 5.88 Å². The number of hydrogen-bond acceptors (Lipinski definition) is 6. The van der Waals surface area contributed by atoms with Gasteiger partial charge in [-0.15, -0.1) is 0 Å². The van der Waals surface area contributed by atoms with E-state index in [0.717, 1.165) is 43.6 Å². The number of rotatable bonds is 4. The van der Waals surface area contributed by atoms with Gasteiger partial charge in [-0.25, -0.2) is 23.1 Å². The molecule has 21 heavy (non-hydrogen) atoms. The van der Waals surface area contributed by atoms with Crippen molar-refractivity contribution in [3.05, 3.63) is 11.9 Å². The molecule has 0 bridgehead atoms. The minimum absolute atomic E-state index is 0.132. The summed E-state index contributed by atoms with van der Waals surface area (Å²) in [6, 6.07) is 0.132. The Labute approximate surface area is 124 Å². The largest absolute Gasteiger partial charge is 0.477 e. The van der Waals surface area contributed by atoms with Crippen molar-refractivity contribution < 1.29 is 13.2 Å². The molecule has 2 aliphatic heterocycles. The average Bonchev–Trinajstić information content (AvgIpc) is 2.93. The predicted molar refractivity (Wildman–Crippen MR) is 79.1 cm³/mol. The highest BCUT2D eigenvalue weighted by molar-refractivity contribution is 7.88. The number of ether oxygens (including phenoxy) is 1. The van der Waals surface area contributed by atoms with Gasteiger partial charge in [0.05, 0.1) is 18.4 Å². The van der Waals surface area contributed by atoms with Crippen molar-refractivity contribution in [2.24, 2.45) is 0 Å². The SMILES string of the molecule is CS(=O)(=O)NCC1CCCCN1c1ncnc2c1CCO2. The van der Waals surface area contributed by atoms with E-state index < -0.39 is 10.0 Å². The molecule has 1 N–H and O–H groups in total. The van der Waals surface area contributed by atoms with E-state index in [1.807, 2.05) is 0 Å². The fourth-order valence-electron chi connectivity index (χ4n) is 2.97. The van der Waals surface area contributed by atoms with E-state index in [1.165, 1.54) is 12.6 Å². The van der Waals surface area contributed by atoms with Crippen LogP contribution in [0.15, 0.2) is 6.33 Å². The molecule has 0 aromatic carbocycles. The molecular formula is C13H20N4O3S. The topological polar surface area (TPSA) is 84.4 Å². The number of nitrogens with one attached hydrogen (secondary N) is 1. The van der Waals surface area contributed by atoms with Crippen molar-refractivity contribution in [2.75, 3.05) is 30.9 Å². The molecule has 0 amide bonds. The molecule has 1 aromatic heterocycles. The summed E-state index contributed by atoms with van der Waals surface area (Å²) >= 11 is 0. The van der Waals surface area contributed by atoms with Gasteiger partial charge in [-0.2, -0.15) is 0 Å². The van der Waals surface area contributed by atoms with Crippen LogP contribution in [0.3, 0.4) is 0 Å². The molecule has 0 aliphatic carbocycles. The van der Waals surface area contributed by atoms with Gasteiger partial charge in [0, 0.05) is 25.6 Å². The lowest BCUT2D eigenvalue weighted by molar-refractivity contribution is 0.344. The van der Waals surface area contributed by atoms with Crippen molar-refractivity contribution in [3.8, 4) is 5.88 Å². The molecule has 1 unspecified atom stereocenters. The lowest BCUT2D eigenvalue weighted by Gasteiger charge is -2.37. The van der Waals surface area contributed by atoms with E-state index >= 15 is 0 Å². The Kier molecular flexibility index (Phi) is 3.99. The molecule has 0 spiro atoms. The minimum Gasteiger partial charge on any atom is -0.477 e. The highest BCUT2D eigenvalue weighted by Gasteiger charge is 2.29. The Bertz CT molecular complexity index is 620. The van der Waals surface area contributed by atoms with Crippen molar-refractivity contribution in [3.63, 3.8) is 0 Å². The van der Waals surface area contributed by atoms with E-state index in [9.17, 15) is 8.42 Å². The number of piperidine rings is 1. The number of anilines is 1. The van der Waals surface area contributed by atoms with Crippen LogP contribution in [-0.2, 0) is 16.4 Å². The molecular weight excluding hydrogens is 292 g/mol. The van der Waals surface area contributed by atoms with Gasteiger partial charge in [0.15, 0.2) is 0 Å². The highest BCUT2D eigenvalue weighted by Crippen LogP contribution is 2.33. The predicted octanol–water partition coefficient (Wildman–Crippen LogP) is 0.320.